The Morgan fingerprint density at radius 2 is 1.95 bits per heavy atom. The van der Waals surface area contributed by atoms with Gasteiger partial charge in [0.1, 0.15) is 0 Å². The van der Waals surface area contributed by atoms with E-state index in [2.05, 4.69) is 10.3 Å². The molecular weight excluding hydrogens is 268 g/mol. The Morgan fingerprint density at radius 3 is 2.80 bits per heavy atom. The number of anilines is 1. The molecule has 0 saturated carbocycles. The van der Waals surface area contributed by atoms with Crippen LogP contribution < -0.4 is 5.32 Å². The molecular formula is C16H14N2OS. The van der Waals surface area contributed by atoms with Crippen LogP contribution in [0.2, 0.25) is 0 Å². The van der Waals surface area contributed by atoms with Crippen molar-refractivity contribution in [3.8, 4) is 0 Å². The lowest BCUT2D eigenvalue weighted by atomic mass is 10.1. The summed E-state index contributed by atoms with van der Waals surface area (Å²) in [6.45, 7) is 0. The van der Waals surface area contributed by atoms with Crippen molar-refractivity contribution >= 4 is 34.3 Å². The molecule has 3 aromatic rings. The molecule has 0 aliphatic carbocycles. The molecule has 0 atom stereocenters. The van der Waals surface area contributed by atoms with E-state index < -0.39 is 0 Å². The van der Waals surface area contributed by atoms with Gasteiger partial charge in [-0.05, 0) is 36.6 Å². The minimum Gasteiger partial charge on any atom is -0.361 e. The maximum Gasteiger partial charge on any atom is 0.256 e. The van der Waals surface area contributed by atoms with Crippen molar-refractivity contribution in [1.29, 1.82) is 0 Å². The van der Waals surface area contributed by atoms with Crippen molar-refractivity contribution in [2.24, 2.45) is 0 Å². The number of carbonyl (C=O) groups is 1. The molecule has 0 radical (unpaired) electrons. The van der Waals surface area contributed by atoms with Crippen LogP contribution in [0.5, 0.6) is 0 Å². The number of benzene rings is 2. The highest BCUT2D eigenvalue weighted by Crippen LogP contribution is 2.26. The molecule has 0 aliphatic rings. The second kappa shape index (κ2) is 5.43. The van der Waals surface area contributed by atoms with Gasteiger partial charge >= 0.3 is 0 Å². The van der Waals surface area contributed by atoms with Gasteiger partial charge in [-0.1, -0.05) is 18.2 Å². The first kappa shape index (κ1) is 12.8. The molecule has 2 aromatic carbocycles. The number of carbonyl (C=O) groups excluding carboxylic acids is 1. The number of hydrogen-bond acceptors (Lipinski definition) is 2. The predicted octanol–water partition coefficient (Wildman–Crippen LogP) is 4.14. The maximum atomic E-state index is 12.5. The number of amides is 1. The van der Waals surface area contributed by atoms with Crippen LogP contribution in [0.1, 0.15) is 10.4 Å². The Morgan fingerprint density at radius 1 is 1.10 bits per heavy atom. The summed E-state index contributed by atoms with van der Waals surface area (Å²) in [5, 5.41) is 3.92. The molecule has 4 heteroatoms. The van der Waals surface area contributed by atoms with E-state index >= 15 is 0 Å². The van der Waals surface area contributed by atoms with Crippen LogP contribution in [0.15, 0.2) is 59.6 Å². The summed E-state index contributed by atoms with van der Waals surface area (Å²) in [7, 11) is 0. The van der Waals surface area contributed by atoms with Crippen molar-refractivity contribution in [3.63, 3.8) is 0 Å². The zero-order valence-electron chi connectivity index (χ0n) is 11.0. The van der Waals surface area contributed by atoms with E-state index in [-0.39, 0.29) is 5.91 Å². The first-order valence-electron chi connectivity index (χ1n) is 6.30. The third kappa shape index (κ3) is 2.30. The van der Waals surface area contributed by atoms with Gasteiger partial charge in [-0.3, -0.25) is 4.79 Å². The number of thioether (sulfide) groups is 1. The van der Waals surface area contributed by atoms with Crippen LogP contribution in [0, 0.1) is 0 Å². The van der Waals surface area contributed by atoms with E-state index in [4.69, 9.17) is 0 Å². The molecule has 100 valence electrons. The maximum absolute atomic E-state index is 12.5. The molecule has 2 N–H and O–H groups in total. The summed E-state index contributed by atoms with van der Waals surface area (Å²) in [6, 6.07) is 15.4. The molecule has 1 aromatic heterocycles. The van der Waals surface area contributed by atoms with E-state index in [1.54, 1.807) is 11.8 Å². The minimum absolute atomic E-state index is 0.0864. The smallest absolute Gasteiger partial charge is 0.256 e. The third-order valence-corrected chi connectivity index (χ3v) is 3.99. The summed E-state index contributed by atoms with van der Waals surface area (Å²) in [5.74, 6) is -0.0864. The van der Waals surface area contributed by atoms with Crippen LogP contribution in [0.4, 0.5) is 5.69 Å². The monoisotopic (exact) mass is 282 g/mol. The minimum atomic E-state index is -0.0864. The lowest BCUT2D eigenvalue weighted by molar-refractivity contribution is 0.102. The molecule has 3 nitrogen and oxygen atoms in total. The lowest BCUT2D eigenvalue weighted by Gasteiger charge is -2.09. The summed E-state index contributed by atoms with van der Waals surface area (Å²) in [6.07, 6.45) is 3.84. The van der Waals surface area contributed by atoms with Crippen LogP contribution in [0.25, 0.3) is 10.9 Å². The number of fused-ring (bicyclic) bond motifs is 1. The van der Waals surface area contributed by atoms with Gasteiger partial charge in [0.15, 0.2) is 0 Å². The van der Waals surface area contributed by atoms with Crippen molar-refractivity contribution in [2.45, 2.75) is 4.90 Å². The Bertz CT molecular complexity index is 764. The molecule has 3 rings (SSSR count). The topological polar surface area (TPSA) is 44.9 Å². The molecule has 0 fully saturated rings. The highest BCUT2D eigenvalue weighted by molar-refractivity contribution is 7.98. The summed E-state index contributed by atoms with van der Waals surface area (Å²) < 4.78 is 0. The number of aromatic nitrogens is 1. The average molecular weight is 282 g/mol. The van der Waals surface area contributed by atoms with Gasteiger partial charge < -0.3 is 10.3 Å². The fourth-order valence-electron chi connectivity index (χ4n) is 2.22. The Kier molecular flexibility index (Phi) is 3.48. The van der Waals surface area contributed by atoms with Crippen LogP contribution in [-0.4, -0.2) is 17.1 Å². The second-order valence-corrected chi connectivity index (χ2v) is 5.25. The van der Waals surface area contributed by atoms with E-state index in [0.717, 1.165) is 21.5 Å². The molecule has 0 spiro atoms. The van der Waals surface area contributed by atoms with Gasteiger partial charge in [-0.2, -0.15) is 0 Å². The first-order chi connectivity index (χ1) is 9.79. The van der Waals surface area contributed by atoms with Gasteiger partial charge in [0.2, 0.25) is 0 Å². The Labute approximate surface area is 121 Å². The fourth-order valence-corrected chi connectivity index (χ4v) is 2.77. The van der Waals surface area contributed by atoms with E-state index in [9.17, 15) is 4.79 Å². The molecule has 0 saturated heterocycles. The third-order valence-electron chi connectivity index (χ3n) is 3.19. The second-order valence-electron chi connectivity index (χ2n) is 4.40. The van der Waals surface area contributed by atoms with Gasteiger partial charge in [-0.25, -0.2) is 0 Å². The average Bonchev–Trinajstić information content (AvgIpc) is 2.96. The Balaban J connectivity index is 1.95. The quantitative estimate of drug-likeness (QED) is 0.709. The van der Waals surface area contributed by atoms with E-state index in [1.165, 1.54) is 0 Å². The Hall–Kier alpha value is -2.20. The van der Waals surface area contributed by atoms with Gasteiger partial charge in [0.25, 0.3) is 5.91 Å². The van der Waals surface area contributed by atoms with Gasteiger partial charge in [0.05, 0.1) is 5.69 Å². The molecule has 0 unspecified atom stereocenters. The van der Waals surface area contributed by atoms with Crippen LogP contribution >= 0.6 is 11.8 Å². The van der Waals surface area contributed by atoms with Crippen LogP contribution in [0.3, 0.4) is 0 Å². The number of H-pyrrole nitrogens is 1. The van der Waals surface area contributed by atoms with E-state index in [0.29, 0.717) is 5.56 Å². The molecule has 0 bridgehead atoms. The zero-order valence-corrected chi connectivity index (χ0v) is 11.8. The van der Waals surface area contributed by atoms with Crippen molar-refractivity contribution in [1.82, 2.24) is 4.98 Å². The van der Waals surface area contributed by atoms with Gasteiger partial charge in [0, 0.05) is 27.6 Å². The van der Waals surface area contributed by atoms with E-state index in [1.807, 2.05) is 61.0 Å². The number of para-hydroxylation sites is 1. The van der Waals surface area contributed by atoms with Crippen molar-refractivity contribution < 1.29 is 4.79 Å². The first-order valence-corrected chi connectivity index (χ1v) is 7.52. The number of rotatable bonds is 3. The number of aromatic amines is 1. The van der Waals surface area contributed by atoms with Crippen molar-refractivity contribution in [3.05, 3.63) is 60.3 Å². The molecule has 1 amide bonds. The standard InChI is InChI=1S/C16H14N2OS/c1-20-15-8-3-2-6-14(15)18-16(19)12-5-4-7-13-11(12)9-10-17-13/h2-10,17H,1H3,(H,18,19). The zero-order chi connectivity index (χ0) is 13.9. The van der Waals surface area contributed by atoms with Crippen LogP contribution in [-0.2, 0) is 0 Å². The van der Waals surface area contributed by atoms with Crippen molar-refractivity contribution in [2.75, 3.05) is 11.6 Å². The number of nitrogens with one attached hydrogen (secondary N) is 2. The molecule has 20 heavy (non-hydrogen) atoms. The predicted molar refractivity (Wildman–Crippen MR) is 84.5 cm³/mol. The SMILES string of the molecule is CSc1ccccc1NC(=O)c1cccc2[nH]ccc12. The highest BCUT2D eigenvalue weighted by atomic mass is 32.2. The highest BCUT2D eigenvalue weighted by Gasteiger charge is 2.12. The summed E-state index contributed by atoms with van der Waals surface area (Å²) in [4.78, 5) is 16.6. The molecule has 0 aliphatic heterocycles. The lowest BCUT2D eigenvalue weighted by Crippen LogP contribution is -2.12. The molecule has 1 heterocycles. The largest absolute Gasteiger partial charge is 0.361 e. The fraction of sp³-hybridized carbons (Fsp3) is 0.0625. The summed E-state index contributed by atoms with van der Waals surface area (Å²) >= 11 is 1.62. The van der Waals surface area contributed by atoms with Gasteiger partial charge in [-0.15, -0.1) is 11.8 Å². The normalized spacial score (nSPS) is 10.7. The summed E-state index contributed by atoms with van der Waals surface area (Å²) in [5.41, 5.74) is 2.49. The number of hydrogen-bond donors (Lipinski definition) is 2.